The molecule has 0 aliphatic heterocycles. The van der Waals surface area contributed by atoms with Crippen LogP contribution >= 0.6 is 0 Å². The molecule has 78 valence electrons. The molecule has 14 heavy (non-hydrogen) atoms. The van der Waals surface area contributed by atoms with Crippen molar-refractivity contribution in [2.24, 2.45) is 5.73 Å². The second kappa shape index (κ2) is 4.19. The molecule has 1 rings (SSSR count). The molecule has 1 aromatic rings. The number of pyridine rings is 1. The second-order valence-electron chi connectivity index (χ2n) is 2.54. The number of rotatable bonds is 3. The van der Waals surface area contributed by atoms with Crippen LogP contribution in [0.4, 0.5) is 8.78 Å². The van der Waals surface area contributed by atoms with Crippen LogP contribution in [-0.4, -0.2) is 17.2 Å². The first-order valence-corrected chi connectivity index (χ1v) is 3.84. The van der Waals surface area contributed by atoms with Crippen molar-refractivity contribution in [3.63, 3.8) is 0 Å². The van der Waals surface area contributed by atoms with E-state index in [0.29, 0.717) is 0 Å². The summed E-state index contributed by atoms with van der Waals surface area (Å²) in [7, 11) is 1.22. The Morgan fingerprint density at radius 2 is 2.29 bits per heavy atom. The van der Waals surface area contributed by atoms with Crippen molar-refractivity contribution in [2.45, 2.75) is 13.0 Å². The van der Waals surface area contributed by atoms with Gasteiger partial charge >= 0.3 is 0 Å². The highest BCUT2D eigenvalue weighted by atomic mass is 19.3. The van der Waals surface area contributed by atoms with Crippen LogP contribution in [0.15, 0.2) is 6.20 Å². The van der Waals surface area contributed by atoms with Crippen LogP contribution < -0.4 is 10.5 Å². The predicted octanol–water partition coefficient (Wildman–Crippen LogP) is 1.19. The lowest BCUT2D eigenvalue weighted by Gasteiger charge is -2.12. The van der Waals surface area contributed by atoms with Crippen molar-refractivity contribution in [3.8, 4) is 11.5 Å². The Morgan fingerprint density at radius 1 is 1.64 bits per heavy atom. The van der Waals surface area contributed by atoms with Gasteiger partial charge in [-0.2, -0.15) is 0 Å². The molecule has 0 unspecified atom stereocenters. The van der Waals surface area contributed by atoms with Crippen LogP contribution in [0.1, 0.15) is 17.7 Å². The number of hydrogen-bond donors (Lipinski definition) is 2. The third-order valence-corrected chi connectivity index (χ3v) is 1.74. The van der Waals surface area contributed by atoms with E-state index in [-0.39, 0.29) is 18.0 Å². The van der Waals surface area contributed by atoms with E-state index >= 15 is 0 Å². The number of ether oxygens (including phenoxy) is 1. The number of halogens is 2. The van der Waals surface area contributed by atoms with Gasteiger partial charge in [-0.1, -0.05) is 0 Å². The van der Waals surface area contributed by atoms with E-state index in [0.717, 1.165) is 6.20 Å². The molecule has 0 spiro atoms. The number of aromatic nitrogens is 1. The van der Waals surface area contributed by atoms with Crippen molar-refractivity contribution < 1.29 is 18.6 Å². The molecule has 3 N–H and O–H groups in total. The number of methoxy groups -OCH3 is 1. The Hall–Kier alpha value is -1.43. The quantitative estimate of drug-likeness (QED) is 0.776. The smallest absolute Gasteiger partial charge is 0.271 e. The number of nitrogens with zero attached hydrogens (tertiary/aromatic N) is 1. The van der Waals surface area contributed by atoms with Gasteiger partial charge in [0.1, 0.15) is 11.3 Å². The summed E-state index contributed by atoms with van der Waals surface area (Å²) in [5, 5.41) is 9.15. The molecular weight excluding hydrogens is 194 g/mol. The summed E-state index contributed by atoms with van der Waals surface area (Å²) in [5.74, 6) is -0.739. The highest BCUT2D eigenvalue weighted by Gasteiger charge is 2.22. The van der Waals surface area contributed by atoms with E-state index in [1.807, 2.05) is 0 Å². The van der Waals surface area contributed by atoms with Crippen molar-refractivity contribution in [2.75, 3.05) is 7.11 Å². The van der Waals surface area contributed by atoms with Crippen LogP contribution in [0, 0.1) is 0 Å². The maximum absolute atomic E-state index is 12.5. The zero-order valence-electron chi connectivity index (χ0n) is 7.50. The second-order valence-corrected chi connectivity index (χ2v) is 2.54. The summed E-state index contributed by atoms with van der Waals surface area (Å²) < 4.78 is 29.7. The van der Waals surface area contributed by atoms with E-state index in [1.165, 1.54) is 7.11 Å². The molecule has 4 nitrogen and oxygen atoms in total. The van der Waals surface area contributed by atoms with E-state index in [4.69, 9.17) is 15.6 Å². The zero-order valence-corrected chi connectivity index (χ0v) is 7.50. The van der Waals surface area contributed by atoms with Crippen LogP contribution in [-0.2, 0) is 6.54 Å². The molecule has 0 aliphatic rings. The molecule has 0 aromatic carbocycles. The highest BCUT2D eigenvalue weighted by Crippen LogP contribution is 2.37. The minimum Gasteiger partial charge on any atom is -0.506 e. The Morgan fingerprint density at radius 3 is 2.71 bits per heavy atom. The standard InChI is InChI=1S/C8H10F2N2O2/c1-14-7-4(2-11)12-3-5(13)6(7)8(9)10/h3,8,13H,2,11H2,1H3. The fourth-order valence-electron chi connectivity index (χ4n) is 1.12. The van der Waals surface area contributed by atoms with Crippen LogP contribution in [0.5, 0.6) is 11.5 Å². The van der Waals surface area contributed by atoms with Crippen molar-refractivity contribution >= 4 is 0 Å². The maximum Gasteiger partial charge on any atom is 0.271 e. The van der Waals surface area contributed by atoms with Gasteiger partial charge in [0.2, 0.25) is 0 Å². The largest absolute Gasteiger partial charge is 0.506 e. The summed E-state index contributed by atoms with van der Waals surface area (Å²) in [6.45, 7) is -0.0246. The molecule has 0 saturated heterocycles. The zero-order chi connectivity index (χ0) is 10.7. The highest BCUT2D eigenvalue weighted by molar-refractivity contribution is 5.46. The molecule has 0 aliphatic carbocycles. The Kier molecular flexibility index (Phi) is 3.19. The first kappa shape index (κ1) is 10.6. The molecule has 6 heteroatoms. The first-order chi connectivity index (χ1) is 6.61. The van der Waals surface area contributed by atoms with Gasteiger partial charge in [-0.05, 0) is 0 Å². The molecule has 0 saturated carbocycles. The molecule has 0 radical (unpaired) electrons. The molecule has 1 heterocycles. The third-order valence-electron chi connectivity index (χ3n) is 1.74. The normalized spacial score (nSPS) is 10.6. The van der Waals surface area contributed by atoms with Gasteiger partial charge in [-0.25, -0.2) is 8.78 Å². The number of nitrogens with two attached hydrogens (primary N) is 1. The topological polar surface area (TPSA) is 68.4 Å². The van der Waals surface area contributed by atoms with Gasteiger partial charge in [0.25, 0.3) is 6.43 Å². The fourth-order valence-corrected chi connectivity index (χ4v) is 1.12. The van der Waals surface area contributed by atoms with Gasteiger partial charge < -0.3 is 15.6 Å². The minimum absolute atomic E-state index is 0.0246. The maximum atomic E-state index is 12.5. The summed E-state index contributed by atoms with van der Waals surface area (Å²) in [6.07, 6.45) is -1.88. The predicted molar refractivity (Wildman–Crippen MR) is 45.3 cm³/mol. The van der Waals surface area contributed by atoms with E-state index in [2.05, 4.69) is 4.98 Å². The summed E-state index contributed by atoms with van der Waals surface area (Å²) in [6, 6.07) is 0. The van der Waals surface area contributed by atoms with E-state index in [9.17, 15) is 8.78 Å². The molecule has 0 bridgehead atoms. The van der Waals surface area contributed by atoms with Gasteiger partial charge in [0.15, 0.2) is 5.75 Å². The summed E-state index contributed by atoms with van der Waals surface area (Å²) in [4.78, 5) is 3.68. The lowest BCUT2D eigenvalue weighted by atomic mass is 10.2. The average Bonchev–Trinajstić information content (AvgIpc) is 2.16. The summed E-state index contributed by atoms with van der Waals surface area (Å²) in [5.41, 5.74) is 4.90. The minimum atomic E-state index is -2.82. The fraction of sp³-hybridized carbons (Fsp3) is 0.375. The third kappa shape index (κ3) is 1.74. The van der Waals surface area contributed by atoms with E-state index in [1.54, 1.807) is 0 Å². The number of aromatic hydroxyl groups is 1. The molecule has 1 aromatic heterocycles. The van der Waals surface area contributed by atoms with Crippen molar-refractivity contribution in [1.82, 2.24) is 4.98 Å². The lowest BCUT2D eigenvalue weighted by molar-refractivity contribution is 0.142. The number of alkyl halides is 2. The van der Waals surface area contributed by atoms with Crippen molar-refractivity contribution in [3.05, 3.63) is 17.5 Å². The molecule has 0 fully saturated rings. The molecular formula is C8H10F2N2O2. The van der Waals surface area contributed by atoms with E-state index < -0.39 is 17.7 Å². The van der Waals surface area contributed by atoms with Crippen LogP contribution in [0.3, 0.4) is 0 Å². The summed E-state index contributed by atoms with van der Waals surface area (Å²) >= 11 is 0. The Labute approximate surface area is 79.3 Å². The monoisotopic (exact) mass is 204 g/mol. The van der Waals surface area contributed by atoms with Gasteiger partial charge in [0.05, 0.1) is 19.0 Å². The van der Waals surface area contributed by atoms with Crippen LogP contribution in [0.2, 0.25) is 0 Å². The lowest BCUT2D eigenvalue weighted by Crippen LogP contribution is -2.05. The Bertz CT molecular complexity index is 331. The molecule has 0 amide bonds. The first-order valence-electron chi connectivity index (χ1n) is 3.84. The molecule has 0 atom stereocenters. The Balaban J connectivity index is 3.35. The van der Waals surface area contributed by atoms with Crippen LogP contribution in [0.25, 0.3) is 0 Å². The van der Waals surface area contributed by atoms with Gasteiger partial charge in [-0.3, -0.25) is 4.98 Å². The number of hydrogen-bond acceptors (Lipinski definition) is 4. The van der Waals surface area contributed by atoms with Gasteiger partial charge in [-0.15, -0.1) is 0 Å². The average molecular weight is 204 g/mol. The van der Waals surface area contributed by atoms with Crippen molar-refractivity contribution in [1.29, 1.82) is 0 Å². The van der Waals surface area contributed by atoms with Gasteiger partial charge in [0, 0.05) is 6.54 Å². The SMILES string of the molecule is COc1c(CN)ncc(O)c1C(F)F.